The van der Waals surface area contributed by atoms with E-state index in [1.54, 1.807) is 5.37 Å². The maximum Gasteiger partial charge on any atom is 0.336 e. The molecule has 102 valence electrons. The van der Waals surface area contributed by atoms with Crippen molar-refractivity contribution < 1.29 is 4.42 Å². The highest BCUT2D eigenvalue weighted by atomic mass is 32.1. The van der Waals surface area contributed by atoms with Crippen LogP contribution in [0, 0.1) is 0 Å². The predicted octanol–water partition coefficient (Wildman–Crippen LogP) is 2.84. The number of anilines is 1. The molecule has 0 saturated heterocycles. The van der Waals surface area contributed by atoms with Crippen LogP contribution in [-0.2, 0) is 12.8 Å². The van der Waals surface area contributed by atoms with Gasteiger partial charge in [0, 0.05) is 46.7 Å². The predicted molar refractivity (Wildman–Crippen MR) is 84.1 cm³/mol. The summed E-state index contributed by atoms with van der Waals surface area (Å²) < 4.78 is 5.53. The molecule has 0 fully saturated rings. The molecule has 1 aromatic heterocycles. The summed E-state index contributed by atoms with van der Waals surface area (Å²) in [5.41, 5.74) is 5.16. The number of benzene rings is 1. The summed E-state index contributed by atoms with van der Waals surface area (Å²) in [6.45, 7) is 2.23. The second kappa shape index (κ2) is 4.42. The Morgan fingerprint density at radius 2 is 2.00 bits per heavy atom. The number of hydrogen-bond acceptors (Lipinski definition) is 4. The highest BCUT2D eigenvalue weighted by Crippen LogP contribution is 2.40. The first-order valence-electron chi connectivity index (χ1n) is 7.10. The van der Waals surface area contributed by atoms with Crippen LogP contribution in [0.1, 0.15) is 29.5 Å². The number of hydrogen-bond donors (Lipinski definition) is 0. The zero-order valence-corrected chi connectivity index (χ0v) is 12.0. The number of fused-ring (bicyclic) bond motifs is 2. The maximum absolute atomic E-state index is 11.8. The fraction of sp³-hybridized carbons (Fsp3) is 0.375. The van der Waals surface area contributed by atoms with E-state index < -0.39 is 0 Å². The molecule has 0 atom stereocenters. The molecule has 0 spiro atoms. The summed E-state index contributed by atoms with van der Waals surface area (Å²) in [6, 6.07) is 3.67. The molecule has 3 heterocycles. The second-order valence-electron chi connectivity index (χ2n) is 5.57. The summed E-state index contributed by atoms with van der Waals surface area (Å²) in [5.74, 6) is 0. The highest BCUT2D eigenvalue weighted by Gasteiger charge is 2.27. The third kappa shape index (κ3) is 1.64. The van der Waals surface area contributed by atoms with Crippen molar-refractivity contribution in [1.82, 2.24) is 0 Å². The number of rotatable bonds is 1. The van der Waals surface area contributed by atoms with Gasteiger partial charge in [-0.3, -0.25) is 0 Å². The molecule has 0 bridgehead atoms. The van der Waals surface area contributed by atoms with Crippen molar-refractivity contribution in [2.75, 3.05) is 18.0 Å². The molecule has 0 saturated carbocycles. The van der Waals surface area contributed by atoms with E-state index >= 15 is 0 Å². The SMILES string of the molecule is O=c1cc(C=S)c2cc3c4c(c2o1)CCCN4CCC3. The van der Waals surface area contributed by atoms with Gasteiger partial charge in [-0.1, -0.05) is 12.2 Å². The fourth-order valence-electron chi connectivity index (χ4n) is 3.59. The average Bonchev–Trinajstić information content (AvgIpc) is 2.48. The van der Waals surface area contributed by atoms with Gasteiger partial charge in [-0.15, -0.1) is 0 Å². The molecule has 20 heavy (non-hydrogen) atoms. The minimum absolute atomic E-state index is 0.308. The smallest absolute Gasteiger partial charge is 0.336 e. The molecule has 3 nitrogen and oxygen atoms in total. The fourth-order valence-corrected chi connectivity index (χ4v) is 3.79. The van der Waals surface area contributed by atoms with Crippen LogP contribution in [0.15, 0.2) is 21.3 Å². The van der Waals surface area contributed by atoms with Gasteiger partial charge < -0.3 is 9.32 Å². The number of thiocarbonyl (C=S) groups is 1. The molecule has 0 N–H and O–H groups in total. The first-order chi connectivity index (χ1) is 9.78. The van der Waals surface area contributed by atoms with Crippen molar-refractivity contribution in [2.24, 2.45) is 0 Å². The number of nitrogens with zero attached hydrogens (tertiary/aromatic N) is 1. The molecule has 4 heteroatoms. The second-order valence-corrected chi connectivity index (χ2v) is 5.81. The summed E-state index contributed by atoms with van der Waals surface area (Å²) in [5, 5.41) is 2.58. The topological polar surface area (TPSA) is 33.5 Å². The Morgan fingerprint density at radius 1 is 1.20 bits per heavy atom. The van der Waals surface area contributed by atoms with Gasteiger partial charge in [0.15, 0.2) is 0 Å². The lowest BCUT2D eigenvalue weighted by molar-refractivity contribution is 0.549. The van der Waals surface area contributed by atoms with E-state index in [-0.39, 0.29) is 5.63 Å². The van der Waals surface area contributed by atoms with E-state index in [0.717, 1.165) is 48.9 Å². The Labute approximate surface area is 122 Å². The first kappa shape index (κ1) is 12.1. The first-order valence-corrected chi connectivity index (χ1v) is 7.58. The Kier molecular flexibility index (Phi) is 2.67. The Bertz CT molecular complexity index is 776. The molecule has 4 rings (SSSR count). The molecule has 0 unspecified atom stereocenters. The van der Waals surface area contributed by atoms with Crippen molar-refractivity contribution >= 4 is 34.2 Å². The summed E-state index contributed by atoms with van der Waals surface area (Å²) in [4.78, 5) is 14.2. The van der Waals surface area contributed by atoms with Gasteiger partial charge in [0.1, 0.15) is 5.58 Å². The Hall–Kier alpha value is -1.68. The molecule has 2 aliphatic heterocycles. The molecule has 1 aromatic carbocycles. The molecule has 2 aliphatic rings. The lowest BCUT2D eigenvalue weighted by Crippen LogP contribution is -2.34. The van der Waals surface area contributed by atoms with Crippen LogP contribution >= 0.6 is 12.2 Å². The third-order valence-corrected chi connectivity index (χ3v) is 4.64. The van der Waals surface area contributed by atoms with Crippen LogP contribution < -0.4 is 10.5 Å². The van der Waals surface area contributed by atoms with Crippen LogP contribution in [0.3, 0.4) is 0 Å². The van der Waals surface area contributed by atoms with Gasteiger partial charge in [0.25, 0.3) is 0 Å². The van der Waals surface area contributed by atoms with E-state index in [4.69, 9.17) is 16.6 Å². The zero-order valence-electron chi connectivity index (χ0n) is 11.1. The third-order valence-electron chi connectivity index (χ3n) is 4.39. The van der Waals surface area contributed by atoms with Gasteiger partial charge >= 0.3 is 5.63 Å². The van der Waals surface area contributed by atoms with E-state index in [1.807, 2.05) is 0 Å². The van der Waals surface area contributed by atoms with Gasteiger partial charge in [-0.05, 0) is 37.3 Å². The van der Waals surface area contributed by atoms with Gasteiger partial charge in [-0.25, -0.2) is 4.79 Å². The normalized spacial score (nSPS) is 17.1. The summed E-state index contributed by atoms with van der Waals surface area (Å²) >= 11 is 5.06. The monoisotopic (exact) mass is 285 g/mol. The van der Waals surface area contributed by atoms with Gasteiger partial charge in [0.05, 0.1) is 0 Å². The van der Waals surface area contributed by atoms with Crippen molar-refractivity contribution in [1.29, 1.82) is 0 Å². The van der Waals surface area contributed by atoms with Crippen LogP contribution in [0.5, 0.6) is 0 Å². The van der Waals surface area contributed by atoms with Crippen LogP contribution in [0.25, 0.3) is 11.0 Å². The van der Waals surface area contributed by atoms with Gasteiger partial charge in [-0.2, -0.15) is 0 Å². The largest absolute Gasteiger partial charge is 0.422 e. The molecule has 0 amide bonds. The lowest BCUT2D eigenvalue weighted by Gasteiger charge is -2.37. The quantitative estimate of drug-likeness (QED) is 0.596. The Balaban J connectivity index is 2.15. The van der Waals surface area contributed by atoms with E-state index in [0.29, 0.717) is 0 Å². The van der Waals surface area contributed by atoms with Gasteiger partial charge in [0.2, 0.25) is 0 Å². The number of aryl methyl sites for hydroxylation is 2. The summed E-state index contributed by atoms with van der Waals surface area (Å²) in [7, 11) is 0. The molecule has 2 aromatic rings. The van der Waals surface area contributed by atoms with Crippen molar-refractivity contribution in [3.63, 3.8) is 0 Å². The molecular formula is C16H15NO2S. The van der Waals surface area contributed by atoms with Crippen LogP contribution in [0.4, 0.5) is 5.69 Å². The molecular weight excluding hydrogens is 270 g/mol. The molecule has 0 radical (unpaired) electrons. The highest BCUT2D eigenvalue weighted by molar-refractivity contribution is 7.79. The minimum Gasteiger partial charge on any atom is -0.422 e. The van der Waals surface area contributed by atoms with Crippen molar-refractivity contribution in [3.05, 3.63) is 39.2 Å². The van der Waals surface area contributed by atoms with E-state index in [9.17, 15) is 4.79 Å². The molecule has 0 aliphatic carbocycles. The zero-order chi connectivity index (χ0) is 13.7. The maximum atomic E-state index is 11.8. The standard InChI is InChI=1S/C16H15NO2S/c18-14-8-11(9-20)13-7-10-3-1-5-17-6-2-4-12(15(10)17)16(13)19-14/h7-9H,1-6H2. The van der Waals surface area contributed by atoms with Crippen molar-refractivity contribution in [2.45, 2.75) is 25.7 Å². The van der Waals surface area contributed by atoms with Crippen LogP contribution in [-0.4, -0.2) is 18.5 Å². The minimum atomic E-state index is -0.308. The summed E-state index contributed by atoms with van der Waals surface area (Å²) in [6.07, 6.45) is 4.41. The van der Waals surface area contributed by atoms with Crippen molar-refractivity contribution in [3.8, 4) is 0 Å². The average molecular weight is 285 g/mol. The van der Waals surface area contributed by atoms with E-state index in [1.165, 1.54) is 29.3 Å². The van der Waals surface area contributed by atoms with Crippen LogP contribution in [0.2, 0.25) is 0 Å². The lowest BCUT2D eigenvalue weighted by atomic mass is 9.89. The Morgan fingerprint density at radius 3 is 2.80 bits per heavy atom. The van der Waals surface area contributed by atoms with E-state index in [2.05, 4.69) is 11.0 Å².